The third kappa shape index (κ3) is 4.79. The lowest BCUT2D eigenvalue weighted by atomic mass is 9.96. The number of quaternary nitrogens is 1. The van der Waals surface area contributed by atoms with Gasteiger partial charge in [-0.1, -0.05) is 11.6 Å². The second kappa shape index (κ2) is 8.57. The number of carbonyl (C=O) groups is 2. The maximum absolute atomic E-state index is 12.4. The zero-order chi connectivity index (χ0) is 18.6. The molecule has 146 valence electrons. The van der Waals surface area contributed by atoms with E-state index in [9.17, 15) is 9.59 Å². The summed E-state index contributed by atoms with van der Waals surface area (Å²) >= 11 is 1.84. The first kappa shape index (κ1) is 18.7. The topological polar surface area (TPSA) is 62.6 Å². The molecule has 0 bridgehead atoms. The predicted molar refractivity (Wildman–Crippen MR) is 107 cm³/mol. The first-order valence-corrected chi connectivity index (χ1v) is 11.2. The summed E-state index contributed by atoms with van der Waals surface area (Å²) in [6, 6.07) is 2.33. The van der Waals surface area contributed by atoms with Crippen molar-refractivity contribution in [2.75, 3.05) is 19.6 Å². The Kier molecular flexibility index (Phi) is 5.93. The number of imide groups is 1. The average Bonchev–Trinajstić information content (AvgIpc) is 3.38. The maximum Gasteiger partial charge on any atom is 0.321 e. The van der Waals surface area contributed by atoms with Crippen molar-refractivity contribution in [2.24, 2.45) is 5.92 Å². The summed E-state index contributed by atoms with van der Waals surface area (Å²) < 4.78 is 0. The first-order chi connectivity index (χ1) is 13.2. The van der Waals surface area contributed by atoms with Crippen LogP contribution in [0.15, 0.2) is 23.1 Å². The third-order valence-electron chi connectivity index (χ3n) is 6.08. The van der Waals surface area contributed by atoms with E-state index in [-0.39, 0.29) is 11.9 Å². The molecule has 1 unspecified atom stereocenters. The number of hydrogen-bond donors (Lipinski definition) is 3. The van der Waals surface area contributed by atoms with Crippen molar-refractivity contribution in [3.05, 3.63) is 33.5 Å². The molecule has 2 heterocycles. The molecule has 1 aliphatic heterocycles. The fourth-order valence-corrected chi connectivity index (χ4v) is 5.51. The number of nitrogens with one attached hydrogen (secondary N) is 3. The summed E-state index contributed by atoms with van der Waals surface area (Å²) in [5.74, 6) is 0.544. The molecule has 6 heteroatoms. The minimum absolute atomic E-state index is 0.163. The van der Waals surface area contributed by atoms with Crippen molar-refractivity contribution >= 4 is 23.3 Å². The molecule has 1 fully saturated rings. The summed E-state index contributed by atoms with van der Waals surface area (Å²) in [5.41, 5.74) is 2.88. The predicted octanol–water partition coefficient (Wildman–Crippen LogP) is 2.36. The molecule has 1 saturated carbocycles. The van der Waals surface area contributed by atoms with E-state index in [2.05, 4.69) is 28.2 Å². The van der Waals surface area contributed by atoms with Crippen LogP contribution < -0.4 is 15.5 Å². The fraction of sp³-hybridized carbons (Fsp3) is 0.619. The molecule has 3 amide bonds. The molecule has 2 aliphatic carbocycles. The summed E-state index contributed by atoms with van der Waals surface area (Å²) in [5, 5.41) is 7.55. The highest BCUT2D eigenvalue weighted by Crippen LogP contribution is 2.42. The zero-order valence-corrected chi connectivity index (χ0v) is 16.7. The quantitative estimate of drug-likeness (QED) is 0.655. The van der Waals surface area contributed by atoms with Gasteiger partial charge in [-0.05, 0) is 56.4 Å². The van der Waals surface area contributed by atoms with E-state index >= 15 is 0 Å². The van der Waals surface area contributed by atoms with Gasteiger partial charge in [0, 0.05) is 29.3 Å². The average molecular weight is 389 g/mol. The summed E-state index contributed by atoms with van der Waals surface area (Å²) in [7, 11) is 0. The summed E-state index contributed by atoms with van der Waals surface area (Å²) in [6.07, 6.45) is 11.6. The highest BCUT2D eigenvalue weighted by Gasteiger charge is 2.43. The highest BCUT2D eigenvalue weighted by molar-refractivity contribution is 7.10. The van der Waals surface area contributed by atoms with Crippen LogP contribution in [0.2, 0.25) is 0 Å². The number of urea groups is 1. The van der Waals surface area contributed by atoms with Crippen LogP contribution in [0, 0.1) is 5.92 Å². The van der Waals surface area contributed by atoms with Crippen LogP contribution >= 0.6 is 11.3 Å². The standard InChI is InChI=1S/C21H29N3O2S/c25-19(23-21(26)22-11-8-15-4-2-1-3-5-15)14-24-12-9-18-17(10-13-27-18)20(24)16-6-7-16/h4,10,13,16,20H,1-3,5-9,11-12,14H2,(H2,22,23,25,26)/p+1/t20-/m0/s1. The Morgan fingerprint density at radius 1 is 1.22 bits per heavy atom. The Morgan fingerprint density at radius 3 is 2.89 bits per heavy atom. The van der Waals surface area contributed by atoms with Crippen LogP contribution in [0.1, 0.15) is 61.4 Å². The fourth-order valence-electron chi connectivity index (χ4n) is 4.59. The van der Waals surface area contributed by atoms with E-state index in [4.69, 9.17) is 0 Å². The van der Waals surface area contributed by atoms with Gasteiger partial charge in [0.15, 0.2) is 6.54 Å². The van der Waals surface area contributed by atoms with Gasteiger partial charge in [0.1, 0.15) is 6.04 Å². The number of rotatable bonds is 6. The van der Waals surface area contributed by atoms with E-state index in [1.54, 1.807) is 0 Å². The van der Waals surface area contributed by atoms with Crippen LogP contribution in [0.5, 0.6) is 0 Å². The van der Waals surface area contributed by atoms with Crippen LogP contribution in [0.4, 0.5) is 4.79 Å². The van der Waals surface area contributed by atoms with Gasteiger partial charge in [0.2, 0.25) is 0 Å². The maximum atomic E-state index is 12.4. The summed E-state index contributed by atoms with van der Waals surface area (Å²) in [6.45, 7) is 1.97. The number of allylic oxidation sites excluding steroid dienone is 1. The Bertz CT molecular complexity index is 723. The highest BCUT2D eigenvalue weighted by atomic mass is 32.1. The largest absolute Gasteiger partial charge is 0.337 e. The number of thiophene rings is 1. The SMILES string of the molecule is O=C(C[NH+]1CCc2sccc2[C@@H]1C1CC1)NC(=O)NCCC1=CCCCC1. The van der Waals surface area contributed by atoms with Gasteiger partial charge < -0.3 is 10.2 Å². The molecule has 0 spiro atoms. The number of fused-ring (bicyclic) bond motifs is 1. The van der Waals surface area contributed by atoms with Crippen molar-refractivity contribution < 1.29 is 14.5 Å². The van der Waals surface area contributed by atoms with E-state index in [1.807, 2.05) is 11.3 Å². The number of carbonyl (C=O) groups excluding carboxylic acids is 2. The van der Waals surface area contributed by atoms with Crippen molar-refractivity contribution in [2.45, 2.75) is 57.4 Å². The molecule has 0 aromatic carbocycles. The first-order valence-electron chi connectivity index (χ1n) is 10.4. The second-order valence-electron chi connectivity index (χ2n) is 8.11. The lowest BCUT2D eigenvalue weighted by Crippen LogP contribution is -3.14. The lowest BCUT2D eigenvalue weighted by molar-refractivity contribution is -0.928. The van der Waals surface area contributed by atoms with Crippen LogP contribution in [-0.2, 0) is 11.2 Å². The normalized spacial score (nSPS) is 24.7. The van der Waals surface area contributed by atoms with Gasteiger partial charge >= 0.3 is 6.03 Å². The van der Waals surface area contributed by atoms with E-state index < -0.39 is 0 Å². The Balaban J connectivity index is 1.24. The molecule has 2 atom stereocenters. The van der Waals surface area contributed by atoms with Crippen molar-refractivity contribution in [3.63, 3.8) is 0 Å². The lowest BCUT2D eigenvalue weighted by Gasteiger charge is -2.32. The molecule has 5 nitrogen and oxygen atoms in total. The minimum atomic E-state index is -0.355. The molecule has 4 rings (SSSR count). The van der Waals surface area contributed by atoms with Crippen LogP contribution in [-0.4, -0.2) is 31.6 Å². The summed E-state index contributed by atoms with van der Waals surface area (Å²) in [4.78, 5) is 27.3. The molecule has 1 aromatic heterocycles. The smallest absolute Gasteiger partial charge is 0.321 e. The van der Waals surface area contributed by atoms with Crippen molar-refractivity contribution in [3.8, 4) is 0 Å². The molecule has 0 radical (unpaired) electrons. The monoisotopic (exact) mass is 388 g/mol. The minimum Gasteiger partial charge on any atom is -0.337 e. The molecule has 1 aromatic rings. The van der Waals surface area contributed by atoms with Crippen LogP contribution in [0.25, 0.3) is 0 Å². The van der Waals surface area contributed by atoms with E-state index in [1.165, 1.54) is 46.6 Å². The van der Waals surface area contributed by atoms with E-state index in [0.717, 1.165) is 32.2 Å². The molecule has 0 saturated heterocycles. The number of hydrogen-bond acceptors (Lipinski definition) is 3. The van der Waals surface area contributed by atoms with E-state index in [0.29, 0.717) is 25.0 Å². The zero-order valence-electron chi connectivity index (χ0n) is 15.9. The molecular weight excluding hydrogens is 358 g/mol. The van der Waals surface area contributed by atoms with Crippen molar-refractivity contribution in [1.29, 1.82) is 0 Å². The van der Waals surface area contributed by atoms with Crippen LogP contribution in [0.3, 0.4) is 0 Å². The van der Waals surface area contributed by atoms with Gasteiger partial charge in [0.05, 0.1) is 6.54 Å². The molecule has 3 N–H and O–H groups in total. The van der Waals surface area contributed by atoms with Gasteiger partial charge in [-0.3, -0.25) is 10.1 Å². The Hall–Kier alpha value is -1.66. The molecular formula is C21H30N3O2S+. The number of amides is 3. The van der Waals surface area contributed by atoms with Crippen molar-refractivity contribution in [1.82, 2.24) is 10.6 Å². The molecule has 27 heavy (non-hydrogen) atoms. The Morgan fingerprint density at radius 2 is 2.11 bits per heavy atom. The van der Waals surface area contributed by atoms with Gasteiger partial charge in [-0.15, -0.1) is 11.3 Å². The van der Waals surface area contributed by atoms with Gasteiger partial charge in [0.25, 0.3) is 5.91 Å². The second-order valence-corrected chi connectivity index (χ2v) is 9.11. The molecule has 3 aliphatic rings. The van der Waals surface area contributed by atoms with Gasteiger partial charge in [-0.25, -0.2) is 4.79 Å². The van der Waals surface area contributed by atoms with Gasteiger partial charge in [-0.2, -0.15) is 0 Å². The third-order valence-corrected chi connectivity index (χ3v) is 7.08. The Labute approximate surface area is 165 Å².